The summed E-state index contributed by atoms with van der Waals surface area (Å²) in [5.41, 5.74) is 1.61. The highest BCUT2D eigenvalue weighted by Gasteiger charge is 2.40. The summed E-state index contributed by atoms with van der Waals surface area (Å²) >= 11 is 0. The first-order chi connectivity index (χ1) is 8.19. The highest BCUT2D eigenvalue weighted by molar-refractivity contribution is 5.20. The second-order valence-electron chi connectivity index (χ2n) is 5.25. The molecule has 0 radical (unpaired) electrons. The van der Waals surface area contributed by atoms with Gasteiger partial charge in [0.05, 0.1) is 0 Å². The van der Waals surface area contributed by atoms with Crippen LogP contribution in [0, 0.1) is 11.2 Å². The van der Waals surface area contributed by atoms with Crippen LogP contribution < -0.4 is 5.32 Å². The van der Waals surface area contributed by atoms with Gasteiger partial charge in [-0.15, -0.1) is 0 Å². The van der Waals surface area contributed by atoms with Gasteiger partial charge in [-0.25, -0.2) is 4.39 Å². The predicted molar refractivity (Wildman–Crippen MR) is 69.4 cm³/mol. The summed E-state index contributed by atoms with van der Waals surface area (Å²) in [6.45, 7) is 5.48. The SMILES string of the molecule is CCC(NCC1(CC)CC1)c1cccc(F)c1. The van der Waals surface area contributed by atoms with Crippen molar-refractivity contribution in [3.63, 3.8) is 0 Å². The summed E-state index contributed by atoms with van der Waals surface area (Å²) in [6, 6.07) is 7.24. The van der Waals surface area contributed by atoms with E-state index in [1.807, 2.05) is 6.07 Å². The smallest absolute Gasteiger partial charge is 0.123 e. The van der Waals surface area contributed by atoms with E-state index in [1.54, 1.807) is 12.1 Å². The minimum absolute atomic E-state index is 0.139. The van der Waals surface area contributed by atoms with E-state index < -0.39 is 0 Å². The van der Waals surface area contributed by atoms with E-state index in [2.05, 4.69) is 19.2 Å². The van der Waals surface area contributed by atoms with Crippen molar-refractivity contribution in [1.82, 2.24) is 5.32 Å². The molecule has 0 heterocycles. The van der Waals surface area contributed by atoms with Crippen molar-refractivity contribution >= 4 is 0 Å². The molecule has 1 aromatic carbocycles. The van der Waals surface area contributed by atoms with Gasteiger partial charge in [-0.2, -0.15) is 0 Å². The highest BCUT2D eigenvalue weighted by atomic mass is 19.1. The zero-order valence-electron chi connectivity index (χ0n) is 10.8. The molecule has 1 aromatic rings. The molecule has 1 fully saturated rings. The second-order valence-corrected chi connectivity index (χ2v) is 5.25. The highest BCUT2D eigenvalue weighted by Crippen LogP contribution is 2.48. The maximum absolute atomic E-state index is 13.2. The van der Waals surface area contributed by atoms with Gasteiger partial charge in [0.2, 0.25) is 0 Å². The number of halogens is 1. The fourth-order valence-electron chi connectivity index (χ4n) is 2.39. The van der Waals surface area contributed by atoms with Crippen LogP contribution in [0.4, 0.5) is 4.39 Å². The van der Waals surface area contributed by atoms with Crippen molar-refractivity contribution in [2.75, 3.05) is 6.54 Å². The molecule has 94 valence electrons. The Morgan fingerprint density at radius 1 is 1.35 bits per heavy atom. The van der Waals surface area contributed by atoms with Gasteiger partial charge in [-0.05, 0) is 48.8 Å². The standard InChI is InChI=1S/C15H22FN/c1-3-14(12-6-5-7-13(16)10-12)17-11-15(4-2)8-9-15/h5-7,10,14,17H,3-4,8-9,11H2,1-2H3. The molecule has 1 nitrogen and oxygen atoms in total. The zero-order chi connectivity index (χ0) is 12.3. The molecule has 0 spiro atoms. The van der Waals surface area contributed by atoms with Crippen LogP contribution in [-0.4, -0.2) is 6.54 Å². The lowest BCUT2D eigenvalue weighted by molar-refractivity contribution is 0.398. The third-order valence-electron chi connectivity index (χ3n) is 4.09. The Morgan fingerprint density at radius 3 is 2.65 bits per heavy atom. The topological polar surface area (TPSA) is 12.0 Å². The van der Waals surface area contributed by atoms with Crippen molar-refractivity contribution in [3.05, 3.63) is 35.6 Å². The van der Waals surface area contributed by atoms with Gasteiger partial charge in [0, 0.05) is 12.6 Å². The third-order valence-corrected chi connectivity index (χ3v) is 4.09. The Balaban J connectivity index is 1.97. The van der Waals surface area contributed by atoms with Gasteiger partial charge in [0.25, 0.3) is 0 Å². The Bertz CT molecular complexity index is 371. The van der Waals surface area contributed by atoms with Crippen LogP contribution in [0.15, 0.2) is 24.3 Å². The fraction of sp³-hybridized carbons (Fsp3) is 0.600. The van der Waals surface area contributed by atoms with Crippen LogP contribution >= 0.6 is 0 Å². The first-order valence-electron chi connectivity index (χ1n) is 6.68. The van der Waals surface area contributed by atoms with Gasteiger partial charge in [-0.3, -0.25) is 0 Å². The molecule has 2 heteroatoms. The average molecular weight is 235 g/mol. The van der Waals surface area contributed by atoms with E-state index in [0.29, 0.717) is 5.41 Å². The summed E-state index contributed by atoms with van der Waals surface area (Å²) < 4.78 is 13.2. The minimum atomic E-state index is -0.139. The second kappa shape index (κ2) is 5.18. The summed E-state index contributed by atoms with van der Waals surface area (Å²) in [4.78, 5) is 0. The number of nitrogens with one attached hydrogen (secondary N) is 1. The minimum Gasteiger partial charge on any atom is -0.309 e. The van der Waals surface area contributed by atoms with Crippen LogP contribution in [0.1, 0.15) is 51.1 Å². The lowest BCUT2D eigenvalue weighted by atomic mass is 10.0. The monoisotopic (exact) mass is 235 g/mol. The van der Waals surface area contributed by atoms with E-state index >= 15 is 0 Å². The Labute approximate surface area is 103 Å². The molecule has 1 unspecified atom stereocenters. The molecule has 17 heavy (non-hydrogen) atoms. The Hall–Kier alpha value is -0.890. The third kappa shape index (κ3) is 3.06. The van der Waals surface area contributed by atoms with Crippen LogP contribution in [0.3, 0.4) is 0 Å². The van der Waals surface area contributed by atoms with E-state index in [9.17, 15) is 4.39 Å². The Morgan fingerprint density at radius 2 is 2.12 bits per heavy atom. The molecule has 0 aromatic heterocycles. The number of benzene rings is 1. The maximum atomic E-state index is 13.2. The van der Waals surface area contributed by atoms with Crippen LogP contribution in [0.2, 0.25) is 0 Å². The van der Waals surface area contributed by atoms with E-state index in [4.69, 9.17) is 0 Å². The molecule has 1 N–H and O–H groups in total. The lowest BCUT2D eigenvalue weighted by Gasteiger charge is -2.21. The summed E-state index contributed by atoms with van der Waals surface area (Å²) in [7, 11) is 0. The normalized spacial score (nSPS) is 19.0. The number of hydrogen-bond donors (Lipinski definition) is 1. The van der Waals surface area contributed by atoms with E-state index in [1.165, 1.54) is 25.3 Å². The van der Waals surface area contributed by atoms with Gasteiger partial charge in [0.15, 0.2) is 0 Å². The summed E-state index contributed by atoms with van der Waals surface area (Å²) in [5.74, 6) is -0.139. The first-order valence-corrected chi connectivity index (χ1v) is 6.68. The molecule has 2 rings (SSSR count). The van der Waals surface area contributed by atoms with Gasteiger partial charge < -0.3 is 5.32 Å². The van der Waals surface area contributed by atoms with Crippen LogP contribution in [0.25, 0.3) is 0 Å². The van der Waals surface area contributed by atoms with Gasteiger partial charge in [-0.1, -0.05) is 26.0 Å². The van der Waals surface area contributed by atoms with Crippen molar-refractivity contribution in [3.8, 4) is 0 Å². The van der Waals surface area contributed by atoms with Gasteiger partial charge >= 0.3 is 0 Å². The van der Waals surface area contributed by atoms with E-state index in [-0.39, 0.29) is 11.9 Å². The molecule has 0 amide bonds. The predicted octanol–water partition coefficient (Wildman–Crippen LogP) is 4.06. The van der Waals surface area contributed by atoms with E-state index in [0.717, 1.165) is 18.5 Å². The molecule has 0 bridgehead atoms. The quantitative estimate of drug-likeness (QED) is 0.784. The average Bonchev–Trinajstić information content (AvgIpc) is 3.11. The lowest BCUT2D eigenvalue weighted by Crippen LogP contribution is -2.27. The van der Waals surface area contributed by atoms with Crippen molar-refractivity contribution < 1.29 is 4.39 Å². The fourth-order valence-corrected chi connectivity index (χ4v) is 2.39. The summed E-state index contributed by atoms with van der Waals surface area (Å²) in [5, 5.41) is 3.60. The number of rotatable bonds is 6. The molecule has 1 atom stereocenters. The van der Waals surface area contributed by atoms with Crippen LogP contribution in [-0.2, 0) is 0 Å². The molecule has 1 aliphatic carbocycles. The Kier molecular flexibility index (Phi) is 3.82. The molecule has 1 aliphatic rings. The molecular weight excluding hydrogens is 213 g/mol. The first kappa shape index (κ1) is 12.6. The molecule has 1 saturated carbocycles. The van der Waals surface area contributed by atoms with Gasteiger partial charge in [0.1, 0.15) is 5.82 Å². The van der Waals surface area contributed by atoms with Crippen molar-refractivity contribution in [1.29, 1.82) is 0 Å². The molecule has 0 aliphatic heterocycles. The maximum Gasteiger partial charge on any atom is 0.123 e. The van der Waals surface area contributed by atoms with Crippen molar-refractivity contribution in [2.45, 2.75) is 45.6 Å². The molecular formula is C15H22FN. The summed E-state index contributed by atoms with van der Waals surface area (Å²) in [6.07, 6.45) is 4.94. The van der Waals surface area contributed by atoms with Crippen molar-refractivity contribution in [2.24, 2.45) is 5.41 Å². The molecule has 0 saturated heterocycles. The van der Waals surface area contributed by atoms with Crippen LogP contribution in [0.5, 0.6) is 0 Å². The largest absolute Gasteiger partial charge is 0.309 e. The number of hydrogen-bond acceptors (Lipinski definition) is 1. The zero-order valence-corrected chi connectivity index (χ0v) is 10.8.